The lowest BCUT2D eigenvalue weighted by atomic mass is 10.1. The Hall–Kier alpha value is -0.870. The van der Waals surface area contributed by atoms with Crippen molar-refractivity contribution in [2.75, 3.05) is 11.9 Å². The minimum Gasteiger partial charge on any atom is -0.376 e. The van der Waals surface area contributed by atoms with Gasteiger partial charge in [0.25, 0.3) is 0 Å². The molecule has 2 atom stereocenters. The van der Waals surface area contributed by atoms with Crippen LogP contribution < -0.4 is 5.32 Å². The molecular weight excluding hydrogens is 238 g/mol. The summed E-state index contributed by atoms with van der Waals surface area (Å²) in [6.45, 7) is 6.97. The van der Waals surface area contributed by atoms with E-state index in [0.29, 0.717) is 11.2 Å². The SMILES string of the molecule is CC(C)c1nc(Cl)cc(NC2CCOC2C)n1. The summed E-state index contributed by atoms with van der Waals surface area (Å²) in [5.41, 5.74) is 0. The fourth-order valence-electron chi connectivity index (χ4n) is 1.88. The van der Waals surface area contributed by atoms with Crippen molar-refractivity contribution in [3.63, 3.8) is 0 Å². The molecule has 5 heteroatoms. The first-order valence-electron chi connectivity index (χ1n) is 5.99. The molecule has 1 aromatic heterocycles. The van der Waals surface area contributed by atoms with Crippen LogP contribution in [0.3, 0.4) is 0 Å². The summed E-state index contributed by atoms with van der Waals surface area (Å²) in [6, 6.07) is 2.07. The van der Waals surface area contributed by atoms with E-state index in [0.717, 1.165) is 24.7 Å². The van der Waals surface area contributed by atoms with Gasteiger partial charge in [0.1, 0.15) is 16.8 Å². The van der Waals surface area contributed by atoms with E-state index < -0.39 is 0 Å². The van der Waals surface area contributed by atoms with Crippen molar-refractivity contribution >= 4 is 17.4 Å². The van der Waals surface area contributed by atoms with Crippen LogP contribution in [0.4, 0.5) is 5.82 Å². The molecule has 0 spiro atoms. The zero-order valence-electron chi connectivity index (χ0n) is 10.4. The quantitative estimate of drug-likeness (QED) is 0.844. The zero-order valence-corrected chi connectivity index (χ0v) is 11.2. The van der Waals surface area contributed by atoms with Crippen LogP contribution in [0.2, 0.25) is 5.15 Å². The Morgan fingerprint density at radius 2 is 2.24 bits per heavy atom. The van der Waals surface area contributed by atoms with E-state index in [1.54, 1.807) is 6.07 Å². The van der Waals surface area contributed by atoms with E-state index in [4.69, 9.17) is 16.3 Å². The molecule has 94 valence electrons. The first-order chi connectivity index (χ1) is 8.06. The summed E-state index contributed by atoms with van der Waals surface area (Å²) in [4.78, 5) is 8.68. The average molecular weight is 256 g/mol. The molecule has 17 heavy (non-hydrogen) atoms. The molecular formula is C12H18ClN3O. The van der Waals surface area contributed by atoms with Crippen molar-refractivity contribution in [3.05, 3.63) is 17.0 Å². The van der Waals surface area contributed by atoms with Crippen molar-refractivity contribution < 1.29 is 4.74 Å². The summed E-state index contributed by atoms with van der Waals surface area (Å²) in [6.07, 6.45) is 1.21. The molecule has 2 rings (SSSR count). The third-order valence-electron chi connectivity index (χ3n) is 2.94. The van der Waals surface area contributed by atoms with Gasteiger partial charge in [-0.25, -0.2) is 9.97 Å². The van der Waals surface area contributed by atoms with E-state index in [-0.39, 0.29) is 12.0 Å². The van der Waals surface area contributed by atoms with Crippen LogP contribution in [0.25, 0.3) is 0 Å². The number of nitrogens with one attached hydrogen (secondary N) is 1. The van der Waals surface area contributed by atoms with Gasteiger partial charge in [0.15, 0.2) is 0 Å². The molecule has 0 bridgehead atoms. The molecule has 1 saturated heterocycles. The summed E-state index contributed by atoms with van der Waals surface area (Å²) < 4.78 is 5.51. The third kappa shape index (κ3) is 3.07. The van der Waals surface area contributed by atoms with E-state index in [2.05, 4.69) is 36.1 Å². The Labute approximate surface area is 107 Å². The highest BCUT2D eigenvalue weighted by Gasteiger charge is 2.24. The Morgan fingerprint density at radius 3 is 2.82 bits per heavy atom. The number of halogens is 1. The Balaban J connectivity index is 2.15. The smallest absolute Gasteiger partial charge is 0.135 e. The first-order valence-corrected chi connectivity index (χ1v) is 6.36. The van der Waals surface area contributed by atoms with Gasteiger partial charge in [-0.15, -0.1) is 0 Å². The highest BCUT2D eigenvalue weighted by Crippen LogP contribution is 2.21. The third-order valence-corrected chi connectivity index (χ3v) is 3.13. The van der Waals surface area contributed by atoms with Gasteiger partial charge in [-0.2, -0.15) is 0 Å². The maximum absolute atomic E-state index is 5.99. The van der Waals surface area contributed by atoms with E-state index in [9.17, 15) is 0 Å². The normalized spacial score (nSPS) is 24.3. The van der Waals surface area contributed by atoms with Gasteiger partial charge in [-0.05, 0) is 13.3 Å². The number of ether oxygens (including phenoxy) is 1. The highest BCUT2D eigenvalue weighted by atomic mass is 35.5. The maximum atomic E-state index is 5.99. The standard InChI is InChI=1S/C12H18ClN3O/c1-7(2)12-15-10(13)6-11(16-12)14-9-4-5-17-8(9)3/h6-9H,4-5H2,1-3H3,(H,14,15,16). The second kappa shape index (κ2) is 5.19. The van der Waals surface area contributed by atoms with Crippen molar-refractivity contribution in [2.45, 2.75) is 45.3 Å². The fourth-order valence-corrected chi connectivity index (χ4v) is 2.07. The summed E-state index contributed by atoms with van der Waals surface area (Å²) in [7, 11) is 0. The molecule has 2 unspecified atom stereocenters. The molecule has 0 radical (unpaired) electrons. The van der Waals surface area contributed by atoms with E-state index in [1.165, 1.54) is 0 Å². The van der Waals surface area contributed by atoms with E-state index >= 15 is 0 Å². The van der Waals surface area contributed by atoms with Gasteiger partial charge in [0.05, 0.1) is 12.1 Å². The topological polar surface area (TPSA) is 47.0 Å². The van der Waals surface area contributed by atoms with Crippen LogP contribution in [0, 0.1) is 0 Å². The summed E-state index contributed by atoms with van der Waals surface area (Å²) in [5, 5.41) is 3.85. The predicted octanol–water partition coefficient (Wildman–Crippen LogP) is 2.84. The van der Waals surface area contributed by atoms with Crippen LogP contribution in [0.15, 0.2) is 6.07 Å². The Bertz CT molecular complexity index is 397. The lowest BCUT2D eigenvalue weighted by Crippen LogP contribution is -2.27. The average Bonchev–Trinajstić information content (AvgIpc) is 2.63. The maximum Gasteiger partial charge on any atom is 0.135 e. The van der Waals surface area contributed by atoms with Crippen molar-refractivity contribution in [1.29, 1.82) is 0 Å². The molecule has 2 heterocycles. The fraction of sp³-hybridized carbons (Fsp3) is 0.667. The summed E-state index contributed by atoms with van der Waals surface area (Å²) >= 11 is 5.99. The number of hydrogen-bond acceptors (Lipinski definition) is 4. The summed E-state index contributed by atoms with van der Waals surface area (Å²) in [5.74, 6) is 1.83. The lowest BCUT2D eigenvalue weighted by Gasteiger charge is -2.17. The predicted molar refractivity (Wildman–Crippen MR) is 68.6 cm³/mol. The first kappa shape index (κ1) is 12.6. The lowest BCUT2D eigenvalue weighted by molar-refractivity contribution is 0.121. The van der Waals surface area contributed by atoms with Gasteiger partial charge in [0, 0.05) is 18.6 Å². The van der Waals surface area contributed by atoms with Crippen LogP contribution in [0.1, 0.15) is 38.9 Å². The molecule has 1 N–H and O–H groups in total. The van der Waals surface area contributed by atoms with E-state index in [1.807, 2.05) is 0 Å². The van der Waals surface area contributed by atoms with Gasteiger partial charge in [-0.3, -0.25) is 0 Å². The minimum atomic E-state index is 0.214. The van der Waals surface area contributed by atoms with Crippen molar-refractivity contribution in [1.82, 2.24) is 9.97 Å². The van der Waals surface area contributed by atoms with Gasteiger partial charge < -0.3 is 10.1 Å². The number of nitrogens with zero attached hydrogens (tertiary/aromatic N) is 2. The number of rotatable bonds is 3. The molecule has 1 fully saturated rings. The van der Waals surface area contributed by atoms with Gasteiger partial charge in [0.2, 0.25) is 0 Å². The van der Waals surface area contributed by atoms with Crippen LogP contribution in [-0.4, -0.2) is 28.7 Å². The van der Waals surface area contributed by atoms with Crippen LogP contribution >= 0.6 is 11.6 Å². The molecule has 0 saturated carbocycles. The van der Waals surface area contributed by atoms with Gasteiger partial charge >= 0.3 is 0 Å². The second-order valence-electron chi connectivity index (χ2n) is 4.70. The molecule has 0 amide bonds. The number of anilines is 1. The second-order valence-corrected chi connectivity index (χ2v) is 5.09. The molecule has 1 aliphatic rings. The molecule has 1 aromatic rings. The highest BCUT2D eigenvalue weighted by molar-refractivity contribution is 6.29. The zero-order chi connectivity index (χ0) is 12.4. The molecule has 0 aromatic carbocycles. The van der Waals surface area contributed by atoms with Crippen LogP contribution in [0.5, 0.6) is 0 Å². The number of aromatic nitrogens is 2. The van der Waals surface area contributed by atoms with Crippen molar-refractivity contribution in [2.24, 2.45) is 0 Å². The molecule has 0 aliphatic carbocycles. The molecule has 4 nitrogen and oxygen atoms in total. The van der Waals surface area contributed by atoms with Crippen LogP contribution in [-0.2, 0) is 4.74 Å². The monoisotopic (exact) mass is 255 g/mol. The van der Waals surface area contributed by atoms with Gasteiger partial charge in [-0.1, -0.05) is 25.4 Å². The minimum absolute atomic E-state index is 0.214. The number of hydrogen-bond donors (Lipinski definition) is 1. The molecule has 1 aliphatic heterocycles. The Kier molecular flexibility index (Phi) is 3.84. The Morgan fingerprint density at radius 1 is 1.47 bits per heavy atom. The van der Waals surface area contributed by atoms with Crippen molar-refractivity contribution in [3.8, 4) is 0 Å². The largest absolute Gasteiger partial charge is 0.376 e.